The third-order valence-electron chi connectivity index (χ3n) is 10.7. The van der Waals surface area contributed by atoms with Crippen molar-refractivity contribution in [3.05, 3.63) is 72.8 Å². The van der Waals surface area contributed by atoms with Crippen molar-refractivity contribution >= 4 is 45.8 Å². The van der Waals surface area contributed by atoms with Gasteiger partial charge in [0.15, 0.2) is 5.96 Å². The molecule has 4 N–H and O–H groups in total. The van der Waals surface area contributed by atoms with Gasteiger partial charge in [-0.15, -0.1) is 0 Å². The number of hydrogen-bond donors (Lipinski definition) is 4. The highest BCUT2D eigenvalue weighted by atomic mass is 35.5. The van der Waals surface area contributed by atoms with Crippen molar-refractivity contribution in [3.8, 4) is 0 Å². The maximum atomic E-state index is 13.6. The van der Waals surface area contributed by atoms with Gasteiger partial charge in [-0.1, -0.05) is 50.0 Å². The molecule has 0 unspecified atom stereocenters. The molecule has 11 heteroatoms. The van der Waals surface area contributed by atoms with E-state index < -0.39 is 23.9 Å². The lowest BCUT2D eigenvalue weighted by atomic mass is 9.45. The number of hydrogen-bond acceptors (Lipinski definition) is 5. The predicted octanol–water partition coefficient (Wildman–Crippen LogP) is 5.29. The number of fused-ring (bicyclic) bond motifs is 3. The lowest BCUT2D eigenvalue weighted by Crippen LogP contribution is -2.59. The molecule has 1 saturated heterocycles. The first-order chi connectivity index (χ1) is 21.3. The lowest BCUT2D eigenvalue weighted by molar-refractivity contribution is -0.108. The number of nitrogens with zero attached hydrogens (tertiary/aromatic N) is 3. The molecule has 2 aromatic carbocycles. The standard InChI is InChI=1S/C34H44Cl2N6O3/c1-18-15-41(16-19(2)37-18)32(39-29-12-22-11-27(20(29)3)34(22,4)5)38-24-8-9-26-30(14-24)40-33(45)42(31(26)44)25(17-43)10-21-6-7-23(35)13-28(21)36/h6-9,13-14,18-20,22,25,27,29,37,43H,10-12,15-17H2,1-5H3,(H,38,39)(H,40,45)/t18-,19+,20-,22-,25-,27+,29-/m0/s1. The lowest BCUT2D eigenvalue weighted by Gasteiger charge is -2.61. The zero-order valence-electron chi connectivity index (χ0n) is 26.6. The molecule has 7 rings (SSSR count). The highest BCUT2D eigenvalue weighted by Crippen LogP contribution is 2.61. The fourth-order valence-corrected chi connectivity index (χ4v) is 8.58. The van der Waals surface area contributed by atoms with Crippen LogP contribution in [-0.4, -0.2) is 63.3 Å². The summed E-state index contributed by atoms with van der Waals surface area (Å²) in [7, 11) is 0. The topological polar surface area (TPSA) is 115 Å². The highest BCUT2D eigenvalue weighted by Gasteiger charge is 2.56. The van der Waals surface area contributed by atoms with E-state index in [0.717, 1.165) is 35.7 Å². The van der Waals surface area contributed by atoms with Crippen molar-refractivity contribution in [2.75, 3.05) is 25.0 Å². The number of aliphatic hydroxyl groups excluding tert-OH is 1. The molecule has 2 bridgehead atoms. The number of guanidine groups is 1. The molecule has 4 fully saturated rings. The van der Waals surface area contributed by atoms with Crippen molar-refractivity contribution in [1.29, 1.82) is 0 Å². The Morgan fingerprint density at radius 3 is 2.47 bits per heavy atom. The number of halogens is 2. The van der Waals surface area contributed by atoms with E-state index in [1.165, 1.54) is 6.42 Å². The largest absolute Gasteiger partial charge is 0.394 e. The number of aromatic nitrogens is 2. The average molecular weight is 656 g/mol. The number of piperazine rings is 1. The molecule has 4 aliphatic rings. The molecular formula is C34H44Cl2N6O3. The van der Waals surface area contributed by atoms with Gasteiger partial charge < -0.3 is 25.6 Å². The summed E-state index contributed by atoms with van der Waals surface area (Å²) in [5, 5.41) is 18.6. The summed E-state index contributed by atoms with van der Waals surface area (Å²) < 4.78 is 1.08. The molecular weight excluding hydrogens is 611 g/mol. The summed E-state index contributed by atoms with van der Waals surface area (Å²) in [6, 6.07) is 10.5. The van der Waals surface area contributed by atoms with Crippen molar-refractivity contribution in [2.24, 2.45) is 28.2 Å². The minimum Gasteiger partial charge on any atom is -0.394 e. The molecule has 45 heavy (non-hydrogen) atoms. The van der Waals surface area contributed by atoms with E-state index in [-0.39, 0.29) is 12.5 Å². The molecule has 7 atom stereocenters. The summed E-state index contributed by atoms with van der Waals surface area (Å²) in [5.74, 6) is 2.70. The number of aliphatic imine (C=N–C) groups is 1. The van der Waals surface area contributed by atoms with Crippen LogP contribution in [0, 0.1) is 23.2 Å². The van der Waals surface area contributed by atoms with Gasteiger partial charge in [0.1, 0.15) is 0 Å². The summed E-state index contributed by atoms with van der Waals surface area (Å²) >= 11 is 12.4. The quantitative estimate of drug-likeness (QED) is 0.212. The molecule has 1 aliphatic heterocycles. The van der Waals surface area contributed by atoms with Gasteiger partial charge in [-0.25, -0.2) is 9.79 Å². The second kappa shape index (κ2) is 12.4. The molecule has 2 heterocycles. The smallest absolute Gasteiger partial charge is 0.329 e. The molecule has 3 saturated carbocycles. The van der Waals surface area contributed by atoms with E-state index in [2.05, 4.69) is 55.1 Å². The number of rotatable bonds is 6. The summed E-state index contributed by atoms with van der Waals surface area (Å²) in [4.78, 5) is 37.5. The molecule has 0 radical (unpaired) electrons. The van der Waals surface area contributed by atoms with Crippen LogP contribution in [-0.2, 0) is 6.42 Å². The van der Waals surface area contributed by atoms with Gasteiger partial charge in [-0.2, -0.15) is 0 Å². The number of H-pyrrole nitrogens is 1. The molecule has 0 spiro atoms. The first-order valence-electron chi connectivity index (χ1n) is 16.0. The summed E-state index contributed by atoms with van der Waals surface area (Å²) in [6.07, 6.45) is 2.58. The van der Waals surface area contributed by atoms with Crippen LogP contribution in [0.1, 0.15) is 59.1 Å². The fraction of sp³-hybridized carbons (Fsp3) is 0.559. The Morgan fingerprint density at radius 2 is 1.82 bits per heavy atom. The Kier molecular flexibility index (Phi) is 8.84. The molecule has 242 valence electrons. The van der Waals surface area contributed by atoms with Crippen LogP contribution < -0.4 is 21.9 Å². The van der Waals surface area contributed by atoms with Gasteiger partial charge in [0.25, 0.3) is 5.56 Å². The second-order valence-corrected chi connectivity index (χ2v) is 15.0. The Hall–Kier alpha value is -2.85. The minimum atomic E-state index is -0.800. The highest BCUT2D eigenvalue weighted by molar-refractivity contribution is 6.35. The third-order valence-corrected chi connectivity index (χ3v) is 11.3. The van der Waals surface area contributed by atoms with Crippen molar-refractivity contribution in [2.45, 2.75) is 78.0 Å². The molecule has 0 amide bonds. The van der Waals surface area contributed by atoms with Crippen LogP contribution in [0.5, 0.6) is 0 Å². The molecule has 1 aromatic heterocycles. The molecule has 3 aliphatic carbocycles. The van der Waals surface area contributed by atoms with E-state index in [1.807, 2.05) is 6.07 Å². The normalized spacial score (nSPS) is 28.5. The van der Waals surface area contributed by atoms with Crippen LogP contribution in [0.4, 0.5) is 5.69 Å². The van der Waals surface area contributed by atoms with Gasteiger partial charge in [0.05, 0.1) is 29.6 Å². The van der Waals surface area contributed by atoms with Crippen molar-refractivity contribution in [1.82, 2.24) is 19.8 Å². The number of aliphatic hydroxyl groups is 1. The van der Waals surface area contributed by atoms with E-state index in [4.69, 9.17) is 28.2 Å². The van der Waals surface area contributed by atoms with Gasteiger partial charge >= 0.3 is 5.69 Å². The monoisotopic (exact) mass is 654 g/mol. The Labute approximate surface area is 274 Å². The van der Waals surface area contributed by atoms with Gasteiger partial charge in [0, 0.05) is 40.9 Å². The number of nitrogens with one attached hydrogen (secondary N) is 3. The fourth-order valence-electron chi connectivity index (χ4n) is 8.09. The van der Waals surface area contributed by atoms with Gasteiger partial charge in [-0.3, -0.25) is 9.36 Å². The minimum absolute atomic E-state index is 0.195. The second-order valence-electron chi connectivity index (χ2n) is 14.1. The van der Waals surface area contributed by atoms with Gasteiger partial charge in [-0.05, 0) is 92.2 Å². The Morgan fingerprint density at radius 1 is 1.09 bits per heavy atom. The maximum absolute atomic E-state index is 13.6. The maximum Gasteiger partial charge on any atom is 0.329 e. The SMILES string of the molecule is C[C@@H]1[C@@H](N=C(Nc2ccc3c(=O)n([C@H](CO)Cc4ccc(Cl)cc4Cl)c(=O)[nH]c3c2)N2C[C@@H](C)N[C@@H](C)C2)C[C@@H]2C[C@H]1C2(C)C. The third kappa shape index (κ3) is 6.16. The van der Waals surface area contributed by atoms with Gasteiger partial charge in [0.2, 0.25) is 0 Å². The Bertz CT molecular complexity index is 1730. The Balaban J connectivity index is 1.31. The molecule has 3 aromatic rings. The summed E-state index contributed by atoms with van der Waals surface area (Å²) in [5.41, 5.74) is 1.16. The van der Waals surface area contributed by atoms with Crippen molar-refractivity contribution in [3.63, 3.8) is 0 Å². The molecule has 9 nitrogen and oxygen atoms in total. The van der Waals surface area contributed by atoms with E-state index in [9.17, 15) is 14.7 Å². The van der Waals surface area contributed by atoms with Crippen LogP contribution in [0.25, 0.3) is 10.9 Å². The van der Waals surface area contributed by atoms with Crippen LogP contribution in [0.15, 0.2) is 51.0 Å². The number of aromatic amines is 1. The van der Waals surface area contributed by atoms with Crippen LogP contribution in [0.2, 0.25) is 10.0 Å². The zero-order chi connectivity index (χ0) is 32.2. The number of benzene rings is 2. The number of anilines is 1. The van der Waals surface area contributed by atoms with Crippen LogP contribution in [0.3, 0.4) is 0 Å². The first kappa shape index (κ1) is 32.1. The first-order valence-corrected chi connectivity index (χ1v) is 16.8. The van der Waals surface area contributed by atoms with E-state index in [1.54, 1.807) is 30.3 Å². The van der Waals surface area contributed by atoms with E-state index >= 15 is 0 Å². The van der Waals surface area contributed by atoms with E-state index in [0.29, 0.717) is 61.8 Å². The van der Waals surface area contributed by atoms with Crippen LogP contribution >= 0.6 is 23.2 Å². The van der Waals surface area contributed by atoms with Crippen molar-refractivity contribution < 1.29 is 5.11 Å². The predicted molar refractivity (Wildman–Crippen MR) is 183 cm³/mol. The summed E-state index contributed by atoms with van der Waals surface area (Å²) in [6.45, 7) is 12.8. The zero-order valence-corrected chi connectivity index (χ0v) is 28.1. The average Bonchev–Trinajstić information content (AvgIpc) is 2.97.